The minimum Gasteiger partial charge on any atom is -0.494 e. The van der Waals surface area contributed by atoms with E-state index in [1.807, 2.05) is 19.1 Å². The van der Waals surface area contributed by atoms with Crippen molar-refractivity contribution >= 4 is 11.3 Å². The van der Waals surface area contributed by atoms with Gasteiger partial charge in [-0.15, -0.1) is 11.3 Å². The Labute approximate surface area is 142 Å². The second kappa shape index (κ2) is 7.90. The lowest BCUT2D eigenvalue weighted by Gasteiger charge is -2.33. The molecule has 0 radical (unpaired) electrons. The third-order valence-electron chi connectivity index (χ3n) is 4.26. The van der Waals surface area contributed by atoms with Crippen molar-refractivity contribution in [2.24, 2.45) is 0 Å². The van der Waals surface area contributed by atoms with Gasteiger partial charge in [0.2, 0.25) is 0 Å². The van der Waals surface area contributed by atoms with Crippen molar-refractivity contribution in [3.8, 4) is 16.3 Å². The molecule has 5 heteroatoms. The Morgan fingerprint density at radius 1 is 1.04 bits per heavy atom. The van der Waals surface area contributed by atoms with Crippen LogP contribution in [0.1, 0.15) is 19.5 Å². The summed E-state index contributed by atoms with van der Waals surface area (Å²) in [6.45, 7) is 11.7. The van der Waals surface area contributed by atoms with Gasteiger partial charge in [0, 0.05) is 43.7 Å². The molecule has 1 saturated heterocycles. The molecule has 1 aliphatic heterocycles. The molecular weight excluding hydrogens is 306 g/mol. The fourth-order valence-electron chi connectivity index (χ4n) is 2.87. The van der Waals surface area contributed by atoms with Crippen LogP contribution in [0.3, 0.4) is 0 Å². The van der Waals surface area contributed by atoms with Gasteiger partial charge in [-0.1, -0.05) is 6.92 Å². The number of nitrogens with zero attached hydrogens (tertiary/aromatic N) is 3. The summed E-state index contributed by atoms with van der Waals surface area (Å²) in [4.78, 5) is 9.82. The van der Waals surface area contributed by atoms with E-state index in [9.17, 15) is 0 Å². The van der Waals surface area contributed by atoms with Crippen LogP contribution in [0, 0.1) is 0 Å². The SMILES string of the molecule is CCOc1ccc(-c2nc(CN3CCN(CC)CC3)cs2)cc1. The van der Waals surface area contributed by atoms with Crippen LogP contribution in [0.2, 0.25) is 0 Å². The molecule has 2 aromatic rings. The van der Waals surface area contributed by atoms with E-state index in [0.717, 1.165) is 36.9 Å². The first-order valence-corrected chi connectivity index (χ1v) is 9.28. The summed E-state index contributed by atoms with van der Waals surface area (Å²) in [5, 5.41) is 3.29. The highest BCUT2D eigenvalue weighted by atomic mass is 32.1. The van der Waals surface area contributed by atoms with Crippen molar-refractivity contribution < 1.29 is 4.74 Å². The van der Waals surface area contributed by atoms with Crippen LogP contribution < -0.4 is 4.74 Å². The Hall–Kier alpha value is -1.43. The van der Waals surface area contributed by atoms with Crippen LogP contribution in [0.25, 0.3) is 10.6 Å². The van der Waals surface area contributed by atoms with E-state index in [1.54, 1.807) is 11.3 Å². The summed E-state index contributed by atoms with van der Waals surface area (Å²) < 4.78 is 5.49. The maximum Gasteiger partial charge on any atom is 0.123 e. The van der Waals surface area contributed by atoms with Gasteiger partial charge in [0.1, 0.15) is 10.8 Å². The van der Waals surface area contributed by atoms with Crippen LogP contribution in [0.4, 0.5) is 0 Å². The third-order valence-corrected chi connectivity index (χ3v) is 5.20. The molecule has 1 aromatic heterocycles. The zero-order valence-corrected chi connectivity index (χ0v) is 14.8. The molecule has 0 atom stereocenters. The Morgan fingerprint density at radius 2 is 1.74 bits per heavy atom. The van der Waals surface area contributed by atoms with Gasteiger partial charge in [-0.3, -0.25) is 4.90 Å². The van der Waals surface area contributed by atoms with Gasteiger partial charge < -0.3 is 9.64 Å². The van der Waals surface area contributed by atoms with Gasteiger partial charge in [0.05, 0.1) is 12.3 Å². The second-order valence-corrected chi connectivity index (χ2v) is 6.67. The minimum absolute atomic E-state index is 0.700. The fraction of sp³-hybridized carbons (Fsp3) is 0.500. The molecule has 3 rings (SSSR count). The number of likely N-dealkylation sites (N-methyl/N-ethyl adjacent to an activating group) is 1. The lowest BCUT2D eigenvalue weighted by Crippen LogP contribution is -2.45. The number of aromatic nitrogens is 1. The maximum absolute atomic E-state index is 5.49. The molecule has 0 bridgehead atoms. The summed E-state index contributed by atoms with van der Waals surface area (Å²) in [6, 6.07) is 8.22. The fourth-order valence-corrected chi connectivity index (χ4v) is 3.68. The Bertz CT molecular complexity index is 603. The lowest BCUT2D eigenvalue weighted by molar-refractivity contribution is 0.131. The molecule has 1 aromatic carbocycles. The van der Waals surface area contributed by atoms with Crippen molar-refractivity contribution in [2.75, 3.05) is 39.3 Å². The summed E-state index contributed by atoms with van der Waals surface area (Å²) in [6.07, 6.45) is 0. The normalized spacial score (nSPS) is 16.6. The molecule has 0 unspecified atom stereocenters. The number of benzene rings is 1. The van der Waals surface area contributed by atoms with E-state index >= 15 is 0 Å². The molecule has 124 valence electrons. The topological polar surface area (TPSA) is 28.6 Å². The van der Waals surface area contributed by atoms with Gasteiger partial charge in [0.25, 0.3) is 0 Å². The molecule has 1 fully saturated rings. The van der Waals surface area contributed by atoms with Crippen LogP contribution in [-0.4, -0.2) is 54.1 Å². The zero-order chi connectivity index (χ0) is 16.1. The van der Waals surface area contributed by atoms with Crippen molar-refractivity contribution in [1.29, 1.82) is 0 Å². The van der Waals surface area contributed by atoms with Crippen LogP contribution >= 0.6 is 11.3 Å². The first kappa shape index (κ1) is 16.4. The first-order valence-electron chi connectivity index (χ1n) is 8.41. The highest BCUT2D eigenvalue weighted by molar-refractivity contribution is 7.13. The molecule has 0 N–H and O–H groups in total. The second-order valence-electron chi connectivity index (χ2n) is 5.81. The quantitative estimate of drug-likeness (QED) is 0.812. The molecular formula is C18H25N3OS. The maximum atomic E-state index is 5.49. The van der Waals surface area contributed by atoms with Gasteiger partial charge in [-0.2, -0.15) is 0 Å². The van der Waals surface area contributed by atoms with Crippen molar-refractivity contribution in [3.63, 3.8) is 0 Å². The smallest absolute Gasteiger partial charge is 0.123 e. The zero-order valence-electron chi connectivity index (χ0n) is 14.0. The van der Waals surface area contributed by atoms with Crippen molar-refractivity contribution in [2.45, 2.75) is 20.4 Å². The van der Waals surface area contributed by atoms with E-state index in [1.165, 1.54) is 24.3 Å². The molecule has 2 heterocycles. The van der Waals surface area contributed by atoms with E-state index in [4.69, 9.17) is 9.72 Å². The van der Waals surface area contributed by atoms with Crippen LogP contribution in [0.15, 0.2) is 29.6 Å². The number of ether oxygens (including phenoxy) is 1. The van der Waals surface area contributed by atoms with Crippen molar-refractivity contribution in [3.05, 3.63) is 35.3 Å². The Balaban J connectivity index is 1.59. The molecule has 4 nitrogen and oxygen atoms in total. The minimum atomic E-state index is 0.700. The van der Waals surface area contributed by atoms with Crippen LogP contribution in [-0.2, 0) is 6.54 Å². The average molecular weight is 331 g/mol. The highest BCUT2D eigenvalue weighted by Gasteiger charge is 2.16. The first-order chi connectivity index (χ1) is 11.3. The third kappa shape index (κ3) is 4.31. The highest BCUT2D eigenvalue weighted by Crippen LogP contribution is 2.26. The van der Waals surface area contributed by atoms with Crippen LogP contribution in [0.5, 0.6) is 5.75 Å². The number of piperazine rings is 1. The number of thiazole rings is 1. The predicted molar refractivity (Wildman–Crippen MR) is 96.1 cm³/mol. The molecule has 23 heavy (non-hydrogen) atoms. The number of hydrogen-bond donors (Lipinski definition) is 0. The molecule has 0 spiro atoms. The molecule has 0 aliphatic carbocycles. The lowest BCUT2D eigenvalue weighted by atomic mass is 10.2. The monoisotopic (exact) mass is 331 g/mol. The van der Waals surface area contributed by atoms with Gasteiger partial charge in [-0.25, -0.2) is 4.98 Å². The van der Waals surface area contributed by atoms with Gasteiger partial charge in [-0.05, 0) is 37.7 Å². The number of hydrogen-bond acceptors (Lipinski definition) is 5. The molecule has 1 aliphatic rings. The largest absolute Gasteiger partial charge is 0.494 e. The Kier molecular flexibility index (Phi) is 5.65. The summed E-state index contributed by atoms with van der Waals surface area (Å²) in [5.41, 5.74) is 2.35. The van der Waals surface area contributed by atoms with E-state index in [-0.39, 0.29) is 0 Å². The number of rotatable bonds is 6. The summed E-state index contributed by atoms with van der Waals surface area (Å²) in [7, 11) is 0. The summed E-state index contributed by atoms with van der Waals surface area (Å²) in [5.74, 6) is 0.918. The Morgan fingerprint density at radius 3 is 2.39 bits per heavy atom. The summed E-state index contributed by atoms with van der Waals surface area (Å²) >= 11 is 1.73. The average Bonchev–Trinajstić information content (AvgIpc) is 3.05. The van der Waals surface area contributed by atoms with E-state index < -0.39 is 0 Å². The van der Waals surface area contributed by atoms with Crippen molar-refractivity contribution in [1.82, 2.24) is 14.8 Å². The van der Waals surface area contributed by atoms with Gasteiger partial charge in [0.15, 0.2) is 0 Å². The standard InChI is InChI=1S/C18H25N3OS/c1-3-20-9-11-21(12-10-20)13-16-14-23-18(19-16)15-5-7-17(8-6-15)22-4-2/h5-8,14H,3-4,9-13H2,1-2H3. The molecule has 0 saturated carbocycles. The van der Waals surface area contributed by atoms with E-state index in [2.05, 4.69) is 34.2 Å². The predicted octanol–water partition coefficient (Wildman–Crippen LogP) is 3.35. The molecule has 0 amide bonds. The van der Waals surface area contributed by atoms with Gasteiger partial charge >= 0.3 is 0 Å². The van der Waals surface area contributed by atoms with E-state index in [0.29, 0.717) is 6.61 Å².